The number of benzene rings is 1. The number of imidazole rings is 1. The zero-order chi connectivity index (χ0) is 18.0. The van der Waals surface area contributed by atoms with Gasteiger partial charge in [-0.05, 0) is 17.7 Å². The summed E-state index contributed by atoms with van der Waals surface area (Å²) in [6, 6.07) is 7.13. The highest BCUT2D eigenvalue weighted by Crippen LogP contribution is 2.28. The van der Waals surface area contributed by atoms with Gasteiger partial charge in [0.05, 0.1) is 6.33 Å². The Morgan fingerprint density at radius 2 is 2.04 bits per heavy atom. The predicted octanol–water partition coefficient (Wildman–Crippen LogP) is 0.0444. The molecule has 1 aliphatic rings. The second kappa shape index (κ2) is 7.51. The van der Waals surface area contributed by atoms with Gasteiger partial charge in [-0.15, -0.1) is 0 Å². The summed E-state index contributed by atoms with van der Waals surface area (Å²) in [5.74, 6) is -0.364. The van der Waals surface area contributed by atoms with Gasteiger partial charge in [0, 0.05) is 24.3 Å². The topological polar surface area (TPSA) is 123 Å². The molecule has 25 heavy (non-hydrogen) atoms. The Labute approximate surface area is 149 Å². The van der Waals surface area contributed by atoms with Crippen LogP contribution in [-0.2, 0) is 11.3 Å². The number of ether oxygens (including phenoxy) is 1. The van der Waals surface area contributed by atoms with Gasteiger partial charge in [-0.2, -0.15) is 0 Å². The van der Waals surface area contributed by atoms with E-state index in [0.717, 1.165) is 5.56 Å². The van der Waals surface area contributed by atoms with Gasteiger partial charge < -0.3 is 30.6 Å². The third-order valence-corrected chi connectivity index (χ3v) is 4.32. The maximum atomic E-state index is 12.2. The number of halogens is 1. The molecule has 2 heterocycles. The molecule has 0 aliphatic carbocycles. The number of aliphatic hydroxyl groups excluding tert-OH is 2. The molecule has 5 N–H and O–H groups in total. The molecule has 1 aromatic heterocycles. The van der Waals surface area contributed by atoms with Crippen LogP contribution in [-0.4, -0.2) is 50.5 Å². The van der Waals surface area contributed by atoms with E-state index in [-0.39, 0.29) is 18.1 Å². The highest BCUT2D eigenvalue weighted by Gasteiger charge is 2.42. The smallest absolute Gasteiger partial charge is 0.271 e. The van der Waals surface area contributed by atoms with E-state index in [1.165, 1.54) is 17.1 Å². The molecule has 0 spiro atoms. The van der Waals surface area contributed by atoms with Gasteiger partial charge in [-0.1, -0.05) is 23.7 Å². The first-order valence-corrected chi connectivity index (χ1v) is 8.15. The normalized spacial score (nSPS) is 25.9. The lowest BCUT2D eigenvalue weighted by atomic mass is 10.1. The minimum atomic E-state index is -1.15. The van der Waals surface area contributed by atoms with E-state index in [2.05, 4.69) is 10.3 Å². The lowest BCUT2D eigenvalue weighted by Crippen LogP contribution is -2.35. The number of hydrogen-bond donors (Lipinski definition) is 4. The molecule has 1 fully saturated rings. The molecular formula is C16H19ClN4O4. The van der Waals surface area contributed by atoms with E-state index in [1.807, 2.05) is 12.1 Å². The van der Waals surface area contributed by atoms with E-state index in [9.17, 15) is 15.0 Å². The van der Waals surface area contributed by atoms with Gasteiger partial charge in [-0.25, -0.2) is 4.98 Å². The predicted molar refractivity (Wildman–Crippen MR) is 89.8 cm³/mol. The van der Waals surface area contributed by atoms with Crippen molar-refractivity contribution in [2.24, 2.45) is 5.73 Å². The highest BCUT2D eigenvalue weighted by atomic mass is 35.5. The van der Waals surface area contributed by atoms with E-state index in [4.69, 9.17) is 22.1 Å². The van der Waals surface area contributed by atoms with Crippen molar-refractivity contribution >= 4 is 17.5 Å². The Balaban J connectivity index is 1.63. The highest BCUT2D eigenvalue weighted by molar-refractivity contribution is 6.30. The molecule has 1 saturated heterocycles. The summed E-state index contributed by atoms with van der Waals surface area (Å²) < 4.78 is 6.95. The molecule has 0 unspecified atom stereocenters. The van der Waals surface area contributed by atoms with Crippen molar-refractivity contribution in [1.82, 2.24) is 14.9 Å². The molecule has 9 heteroatoms. The van der Waals surface area contributed by atoms with Crippen LogP contribution in [0.3, 0.4) is 0 Å². The fraction of sp³-hybridized carbons (Fsp3) is 0.375. The van der Waals surface area contributed by atoms with Gasteiger partial charge in [0.1, 0.15) is 24.0 Å². The zero-order valence-electron chi connectivity index (χ0n) is 13.2. The number of aliphatic hydroxyl groups is 2. The summed E-state index contributed by atoms with van der Waals surface area (Å²) in [4.78, 5) is 16.2. The second-order valence-corrected chi connectivity index (χ2v) is 6.23. The Morgan fingerprint density at radius 1 is 1.32 bits per heavy atom. The minimum Gasteiger partial charge on any atom is -0.387 e. The van der Waals surface area contributed by atoms with Gasteiger partial charge in [0.2, 0.25) is 0 Å². The molecule has 8 nitrogen and oxygen atoms in total. The van der Waals surface area contributed by atoms with Crippen molar-refractivity contribution in [1.29, 1.82) is 0 Å². The average Bonchev–Trinajstić information content (AvgIpc) is 3.20. The van der Waals surface area contributed by atoms with Gasteiger partial charge >= 0.3 is 0 Å². The summed E-state index contributed by atoms with van der Waals surface area (Å²) in [6.45, 7) is 0.414. The van der Waals surface area contributed by atoms with Crippen LogP contribution in [0.2, 0.25) is 5.02 Å². The first-order valence-electron chi connectivity index (χ1n) is 7.77. The third kappa shape index (κ3) is 3.83. The molecule has 1 aliphatic heterocycles. The van der Waals surface area contributed by atoms with Crippen LogP contribution in [0, 0.1) is 0 Å². The maximum Gasteiger partial charge on any atom is 0.271 e. The number of carbonyl (C=O) groups excluding carboxylic acids is 1. The van der Waals surface area contributed by atoms with Gasteiger partial charge in [0.15, 0.2) is 6.23 Å². The number of rotatable bonds is 5. The largest absolute Gasteiger partial charge is 0.387 e. The fourth-order valence-electron chi connectivity index (χ4n) is 2.64. The Hall–Kier alpha value is -1.97. The molecule has 3 rings (SSSR count). The standard InChI is InChI=1S/C16H19ClN4O4/c17-10-3-1-9(2-4-10)6-19-15(24)11-7-21(8-20-11)16-14(23)13(22)12(5-18)25-16/h1-4,7-8,12-14,16,22-23H,5-6,18H2,(H,19,24)/t12-,13-,14-,16-/m1/s1. The van der Waals surface area contributed by atoms with Gasteiger partial charge in [0.25, 0.3) is 5.91 Å². The SMILES string of the molecule is NC[C@H]1O[C@@H](n2cnc(C(=O)NCc3ccc(Cl)cc3)c2)[C@H](O)[C@@H]1O. The molecule has 4 atom stereocenters. The summed E-state index contributed by atoms with van der Waals surface area (Å²) in [5.41, 5.74) is 6.57. The maximum absolute atomic E-state index is 12.2. The van der Waals surface area contributed by atoms with Crippen LogP contribution < -0.4 is 11.1 Å². The van der Waals surface area contributed by atoms with Gasteiger partial charge in [-0.3, -0.25) is 4.79 Å². The summed E-state index contributed by atoms with van der Waals surface area (Å²) >= 11 is 5.82. The summed E-state index contributed by atoms with van der Waals surface area (Å²) in [5, 5.41) is 23.3. The molecule has 2 aromatic rings. The van der Waals surface area contributed by atoms with Crippen LogP contribution in [0.4, 0.5) is 0 Å². The van der Waals surface area contributed by atoms with Crippen LogP contribution in [0.5, 0.6) is 0 Å². The molecule has 0 radical (unpaired) electrons. The lowest BCUT2D eigenvalue weighted by molar-refractivity contribution is -0.0344. The fourth-order valence-corrected chi connectivity index (χ4v) is 2.76. The second-order valence-electron chi connectivity index (χ2n) is 5.80. The monoisotopic (exact) mass is 366 g/mol. The number of nitrogens with two attached hydrogens (primary N) is 1. The molecular weight excluding hydrogens is 348 g/mol. The number of hydrogen-bond acceptors (Lipinski definition) is 6. The molecule has 0 bridgehead atoms. The van der Waals surface area contributed by atoms with Crippen molar-refractivity contribution < 1.29 is 19.7 Å². The minimum absolute atomic E-state index is 0.0812. The summed E-state index contributed by atoms with van der Waals surface area (Å²) in [6.07, 6.45) is -0.904. The van der Waals surface area contributed by atoms with Crippen molar-refractivity contribution in [2.75, 3.05) is 6.54 Å². The van der Waals surface area contributed by atoms with Crippen molar-refractivity contribution in [3.05, 3.63) is 53.1 Å². The van der Waals surface area contributed by atoms with Crippen molar-refractivity contribution in [2.45, 2.75) is 31.1 Å². The van der Waals surface area contributed by atoms with E-state index in [1.54, 1.807) is 12.1 Å². The van der Waals surface area contributed by atoms with E-state index in [0.29, 0.717) is 11.6 Å². The Morgan fingerprint density at radius 3 is 2.68 bits per heavy atom. The van der Waals surface area contributed by atoms with Crippen molar-refractivity contribution in [3.8, 4) is 0 Å². The molecule has 1 aromatic carbocycles. The zero-order valence-corrected chi connectivity index (χ0v) is 14.0. The number of nitrogens with one attached hydrogen (secondary N) is 1. The van der Waals surface area contributed by atoms with Crippen LogP contribution in [0.15, 0.2) is 36.8 Å². The lowest BCUT2D eigenvalue weighted by Gasteiger charge is -2.15. The number of carbonyl (C=O) groups is 1. The Kier molecular flexibility index (Phi) is 5.36. The van der Waals surface area contributed by atoms with E-state index >= 15 is 0 Å². The quantitative estimate of drug-likeness (QED) is 0.592. The molecule has 1 amide bonds. The van der Waals surface area contributed by atoms with Crippen LogP contribution >= 0.6 is 11.6 Å². The average molecular weight is 367 g/mol. The first-order chi connectivity index (χ1) is 12.0. The number of aromatic nitrogens is 2. The number of nitrogens with zero attached hydrogens (tertiary/aromatic N) is 2. The van der Waals surface area contributed by atoms with E-state index < -0.39 is 24.5 Å². The number of amides is 1. The van der Waals surface area contributed by atoms with Crippen molar-refractivity contribution in [3.63, 3.8) is 0 Å². The Bertz CT molecular complexity index is 736. The third-order valence-electron chi connectivity index (χ3n) is 4.06. The summed E-state index contributed by atoms with van der Waals surface area (Å²) in [7, 11) is 0. The molecule has 134 valence electrons. The van der Waals surface area contributed by atoms with Crippen LogP contribution in [0.25, 0.3) is 0 Å². The molecule has 0 saturated carbocycles. The van der Waals surface area contributed by atoms with Crippen LogP contribution in [0.1, 0.15) is 22.3 Å². The first kappa shape index (κ1) is 17.8.